The molecule has 2 amide bonds. The fraction of sp³-hybridized carbons (Fsp3) is 0.0714. The van der Waals surface area contributed by atoms with E-state index in [9.17, 15) is 24.3 Å². The van der Waals surface area contributed by atoms with Gasteiger partial charge in [-0.15, -0.1) is 0 Å². The number of aliphatic hydroxyl groups is 1. The summed E-state index contributed by atoms with van der Waals surface area (Å²) in [6.45, 7) is 0. The van der Waals surface area contributed by atoms with Crippen molar-refractivity contribution in [3.8, 4) is 5.75 Å². The van der Waals surface area contributed by atoms with Gasteiger partial charge >= 0.3 is 5.97 Å². The van der Waals surface area contributed by atoms with Crippen molar-refractivity contribution in [1.82, 2.24) is 0 Å². The summed E-state index contributed by atoms with van der Waals surface area (Å²) in [5.74, 6) is -3.93. The first-order valence-corrected chi connectivity index (χ1v) is 12.1. The zero-order valence-electron chi connectivity index (χ0n) is 20.2. The zero-order chi connectivity index (χ0) is 28.3. The number of carboxylic acids is 1. The number of carbonyl (C=O) groups is 4. The molecule has 9 nitrogen and oxygen atoms in total. The molecule has 0 radical (unpaired) electrons. The van der Waals surface area contributed by atoms with E-state index in [4.69, 9.17) is 33.0 Å². The fourth-order valence-electron chi connectivity index (χ4n) is 4.10. The number of anilines is 2. The van der Waals surface area contributed by atoms with Gasteiger partial charge in [0.15, 0.2) is 0 Å². The van der Waals surface area contributed by atoms with Gasteiger partial charge in [-0.3, -0.25) is 19.3 Å². The van der Waals surface area contributed by atoms with Gasteiger partial charge in [0, 0.05) is 34.1 Å². The van der Waals surface area contributed by atoms with Gasteiger partial charge in [0.25, 0.3) is 11.7 Å². The smallest absolute Gasteiger partial charge is 0.328 e. The van der Waals surface area contributed by atoms with E-state index in [2.05, 4.69) is 5.32 Å². The number of aliphatic carboxylic acids is 1. The lowest BCUT2D eigenvalue weighted by atomic mass is 9.95. The molecule has 39 heavy (non-hydrogen) atoms. The predicted octanol–water partition coefficient (Wildman–Crippen LogP) is 5.21. The van der Waals surface area contributed by atoms with Crippen LogP contribution in [-0.4, -0.2) is 40.9 Å². The summed E-state index contributed by atoms with van der Waals surface area (Å²) in [7, 11) is 1.44. The number of methoxy groups -OCH3 is 1. The molecule has 1 atom stereocenters. The van der Waals surface area contributed by atoms with Crippen LogP contribution in [0.2, 0.25) is 10.0 Å². The van der Waals surface area contributed by atoms with Crippen LogP contribution in [0, 0.1) is 0 Å². The number of ether oxygens (including phenoxy) is 1. The molecule has 3 aromatic rings. The van der Waals surface area contributed by atoms with Crippen LogP contribution in [0.25, 0.3) is 5.76 Å². The minimum Gasteiger partial charge on any atom is -0.507 e. The molecule has 1 saturated heterocycles. The second kappa shape index (κ2) is 11.4. The highest BCUT2D eigenvalue weighted by Crippen LogP contribution is 2.43. The molecular weight excluding hydrogens is 547 g/mol. The second-order valence-electron chi connectivity index (χ2n) is 8.28. The Morgan fingerprint density at radius 2 is 1.69 bits per heavy atom. The van der Waals surface area contributed by atoms with Gasteiger partial charge in [-0.25, -0.2) is 4.79 Å². The summed E-state index contributed by atoms with van der Waals surface area (Å²) < 4.78 is 5.19. The van der Waals surface area contributed by atoms with Crippen molar-refractivity contribution in [2.75, 3.05) is 17.3 Å². The van der Waals surface area contributed by atoms with Crippen molar-refractivity contribution >= 4 is 63.9 Å². The molecule has 0 bridgehead atoms. The van der Waals surface area contributed by atoms with Crippen LogP contribution in [0.15, 0.2) is 84.5 Å². The Labute approximate surface area is 232 Å². The first-order valence-electron chi connectivity index (χ1n) is 11.3. The van der Waals surface area contributed by atoms with Crippen LogP contribution >= 0.6 is 23.2 Å². The summed E-state index contributed by atoms with van der Waals surface area (Å²) in [5, 5.41) is 23.2. The normalized spacial score (nSPS) is 16.5. The molecule has 11 heteroatoms. The first-order chi connectivity index (χ1) is 18.6. The number of benzene rings is 3. The Morgan fingerprint density at radius 3 is 2.33 bits per heavy atom. The summed E-state index contributed by atoms with van der Waals surface area (Å²) >= 11 is 12.4. The lowest BCUT2D eigenvalue weighted by Gasteiger charge is -2.26. The van der Waals surface area contributed by atoms with E-state index in [1.807, 2.05) is 0 Å². The van der Waals surface area contributed by atoms with Gasteiger partial charge < -0.3 is 20.3 Å². The van der Waals surface area contributed by atoms with E-state index in [0.29, 0.717) is 28.1 Å². The third-order valence-corrected chi connectivity index (χ3v) is 6.37. The minimum atomic E-state index is -1.29. The highest BCUT2D eigenvalue weighted by molar-refractivity contribution is 6.52. The Balaban J connectivity index is 1.83. The van der Waals surface area contributed by atoms with Gasteiger partial charge in [0.2, 0.25) is 5.91 Å². The molecule has 0 aliphatic carbocycles. The maximum absolute atomic E-state index is 13.3. The van der Waals surface area contributed by atoms with E-state index >= 15 is 0 Å². The number of amides is 2. The first kappa shape index (κ1) is 27.4. The summed E-state index contributed by atoms with van der Waals surface area (Å²) in [4.78, 5) is 50.6. The van der Waals surface area contributed by atoms with E-state index in [-0.39, 0.29) is 21.8 Å². The molecule has 1 heterocycles. The zero-order valence-corrected chi connectivity index (χ0v) is 21.7. The second-order valence-corrected chi connectivity index (χ2v) is 9.12. The number of rotatable bonds is 7. The third kappa shape index (κ3) is 5.79. The van der Waals surface area contributed by atoms with Crippen LogP contribution < -0.4 is 15.0 Å². The molecular formula is C28H20Cl2N2O7. The van der Waals surface area contributed by atoms with Crippen molar-refractivity contribution in [2.45, 2.75) is 6.04 Å². The molecule has 0 spiro atoms. The quantitative estimate of drug-likeness (QED) is 0.203. The molecule has 3 N–H and O–H groups in total. The van der Waals surface area contributed by atoms with Gasteiger partial charge in [-0.2, -0.15) is 0 Å². The Bertz CT molecular complexity index is 1550. The van der Waals surface area contributed by atoms with Crippen LogP contribution in [0.1, 0.15) is 17.2 Å². The fourth-order valence-corrected chi connectivity index (χ4v) is 4.47. The van der Waals surface area contributed by atoms with Crippen molar-refractivity contribution in [2.24, 2.45) is 0 Å². The molecule has 4 rings (SSSR count). The van der Waals surface area contributed by atoms with Crippen LogP contribution in [0.4, 0.5) is 11.4 Å². The number of ketones is 1. The molecule has 0 saturated carbocycles. The number of hydrogen-bond donors (Lipinski definition) is 3. The largest absolute Gasteiger partial charge is 0.507 e. The lowest BCUT2D eigenvalue weighted by Crippen LogP contribution is -2.29. The highest BCUT2D eigenvalue weighted by Gasteiger charge is 2.47. The number of carbonyl (C=O) groups excluding carboxylic acids is 3. The van der Waals surface area contributed by atoms with Crippen LogP contribution in [0.3, 0.4) is 0 Å². The molecule has 1 aliphatic rings. The van der Waals surface area contributed by atoms with Gasteiger partial charge in [-0.05, 0) is 48.0 Å². The van der Waals surface area contributed by atoms with Crippen molar-refractivity contribution in [3.05, 3.63) is 106 Å². The molecule has 1 fully saturated rings. The average Bonchev–Trinajstić information content (AvgIpc) is 3.17. The van der Waals surface area contributed by atoms with Crippen LogP contribution in [-0.2, 0) is 19.2 Å². The number of halogens is 2. The minimum absolute atomic E-state index is 0.139. The standard InChI is InChI=1S/C28H20Cl2N2O7/c1-39-21-10-9-19(14-20(21)30)32-25(15-5-7-17(29)8-6-15)24(27(37)28(32)38)26(36)16-3-2-4-18(13-16)31-22(33)11-12-23(34)35/h2-14,25,36H,1H3,(H,31,33)(H,34,35). The van der Waals surface area contributed by atoms with E-state index in [1.165, 1.54) is 42.3 Å². The number of hydrogen-bond acceptors (Lipinski definition) is 6. The van der Waals surface area contributed by atoms with Crippen LogP contribution in [0.5, 0.6) is 5.75 Å². The van der Waals surface area contributed by atoms with E-state index in [1.54, 1.807) is 36.4 Å². The topological polar surface area (TPSA) is 133 Å². The SMILES string of the molecule is COc1ccc(N2C(=O)C(=O)C(=C(O)c3cccc(NC(=O)C=CC(=O)O)c3)C2c2ccc(Cl)cc2)cc1Cl. The Hall–Kier alpha value is -4.60. The highest BCUT2D eigenvalue weighted by atomic mass is 35.5. The number of aliphatic hydroxyl groups excluding tert-OH is 1. The van der Waals surface area contributed by atoms with Crippen molar-refractivity contribution in [1.29, 1.82) is 0 Å². The van der Waals surface area contributed by atoms with E-state index < -0.39 is 35.4 Å². The van der Waals surface area contributed by atoms with Crippen molar-refractivity contribution < 1.29 is 34.1 Å². The van der Waals surface area contributed by atoms with Crippen molar-refractivity contribution in [3.63, 3.8) is 0 Å². The van der Waals surface area contributed by atoms with E-state index in [0.717, 1.165) is 6.08 Å². The third-order valence-electron chi connectivity index (χ3n) is 5.82. The summed E-state index contributed by atoms with van der Waals surface area (Å²) in [6, 6.07) is 15.9. The molecule has 198 valence electrons. The Morgan fingerprint density at radius 1 is 0.974 bits per heavy atom. The molecule has 0 aromatic heterocycles. The summed E-state index contributed by atoms with van der Waals surface area (Å²) in [5.41, 5.74) is 0.963. The Kier molecular flexibility index (Phi) is 8.04. The monoisotopic (exact) mass is 566 g/mol. The van der Waals surface area contributed by atoms with Gasteiger partial charge in [-0.1, -0.05) is 47.5 Å². The predicted molar refractivity (Wildman–Crippen MR) is 146 cm³/mol. The maximum atomic E-state index is 13.3. The molecule has 3 aromatic carbocycles. The lowest BCUT2D eigenvalue weighted by molar-refractivity contribution is -0.132. The van der Waals surface area contributed by atoms with Gasteiger partial charge in [0.05, 0.1) is 23.7 Å². The number of nitrogens with zero attached hydrogens (tertiary/aromatic N) is 1. The average molecular weight is 567 g/mol. The maximum Gasteiger partial charge on any atom is 0.328 e. The summed E-state index contributed by atoms with van der Waals surface area (Å²) in [6.07, 6.45) is 1.51. The number of carboxylic acid groups (broad SMARTS) is 1. The molecule has 1 unspecified atom stereocenters. The number of nitrogens with one attached hydrogen (secondary N) is 1. The van der Waals surface area contributed by atoms with Gasteiger partial charge in [0.1, 0.15) is 11.5 Å². The molecule has 1 aliphatic heterocycles. The number of Topliss-reactive ketones (excluding diaryl/α,β-unsaturated/α-hetero) is 1.